The van der Waals surface area contributed by atoms with Crippen LogP contribution in [0.5, 0.6) is 5.75 Å². The second-order valence-electron chi connectivity index (χ2n) is 7.93. The highest BCUT2D eigenvalue weighted by molar-refractivity contribution is 7.08. The van der Waals surface area contributed by atoms with Crippen LogP contribution in [-0.4, -0.2) is 31.2 Å². The van der Waals surface area contributed by atoms with Crippen LogP contribution in [-0.2, 0) is 17.9 Å². The quantitative estimate of drug-likeness (QED) is 0.346. The summed E-state index contributed by atoms with van der Waals surface area (Å²) in [6.07, 6.45) is 4.11. The van der Waals surface area contributed by atoms with E-state index in [9.17, 15) is 0 Å². The molecule has 0 atom stereocenters. The van der Waals surface area contributed by atoms with Gasteiger partial charge in [-0.05, 0) is 56.0 Å². The lowest BCUT2D eigenvalue weighted by molar-refractivity contribution is 0.0890. The number of ether oxygens (including phenoxy) is 2. The Balaban J connectivity index is 1.74. The summed E-state index contributed by atoms with van der Waals surface area (Å²) in [4.78, 5) is 2.39. The summed E-state index contributed by atoms with van der Waals surface area (Å²) in [5.74, 6) is 7.28. The molecule has 0 aliphatic rings. The minimum atomic E-state index is 0.0489. The van der Waals surface area contributed by atoms with E-state index in [4.69, 9.17) is 9.47 Å². The van der Waals surface area contributed by atoms with Crippen molar-refractivity contribution in [1.82, 2.24) is 4.90 Å². The highest BCUT2D eigenvalue weighted by Gasteiger charge is 2.04. The Hall–Kier alpha value is -2.06. The summed E-state index contributed by atoms with van der Waals surface area (Å²) < 4.78 is 11.4. The van der Waals surface area contributed by atoms with Crippen molar-refractivity contribution in [2.45, 2.75) is 40.8 Å². The van der Waals surface area contributed by atoms with Crippen molar-refractivity contribution in [3.8, 4) is 17.6 Å². The Morgan fingerprint density at radius 1 is 1.14 bits per heavy atom. The molecule has 4 heteroatoms. The molecule has 29 heavy (non-hydrogen) atoms. The number of hydrogen-bond acceptors (Lipinski definition) is 4. The van der Waals surface area contributed by atoms with Crippen LogP contribution in [0.1, 0.15) is 38.8 Å². The van der Waals surface area contributed by atoms with Gasteiger partial charge in [-0.15, -0.1) is 11.3 Å². The zero-order valence-corrected chi connectivity index (χ0v) is 18.9. The van der Waals surface area contributed by atoms with Crippen LogP contribution in [0.3, 0.4) is 0 Å². The molecular weight excluding hydrogens is 378 g/mol. The molecular formula is C25H33NO2S. The van der Waals surface area contributed by atoms with Crippen LogP contribution in [0.15, 0.2) is 53.2 Å². The van der Waals surface area contributed by atoms with Crippen LogP contribution in [0.4, 0.5) is 0 Å². The van der Waals surface area contributed by atoms with E-state index in [0.29, 0.717) is 19.8 Å². The maximum absolute atomic E-state index is 5.76. The third-order valence-corrected chi connectivity index (χ3v) is 4.78. The second-order valence-corrected chi connectivity index (χ2v) is 8.71. The molecule has 0 fully saturated rings. The van der Waals surface area contributed by atoms with Gasteiger partial charge >= 0.3 is 0 Å². The number of allylic oxidation sites excluding steroid dienone is 1. The monoisotopic (exact) mass is 411 g/mol. The summed E-state index contributed by atoms with van der Waals surface area (Å²) in [7, 11) is 0. The zero-order chi connectivity index (χ0) is 21.0. The minimum absolute atomic E-state index is 0.0489. The first-order chi connectivity index (χ1) is 14.0. The van der Waals surface area contributed by atoms with Gasteiger partial charge in [0.25, 0.3) is 0 Å². The molecule has 0 saturated heterocycles. The standard InChI is InChI=1S/C25H33NO2S/c1-5-26(14-8-6-7-13-25(2,3)4)19-22-10-9-11-23(18-22)20-27-15-16-28-24-12-17-29-21-24/h6,8-12,17-18,21H,5,14-16,19-20H2,1-4H3/b8-6+. The Morgan fingerprint density at radius 3 is 2.69 bits per heavy atom. The van der Waals surface area contributed by atoms with Crippen LogP contribution in [0, 0.1) is 17.3 Å². The summed E-state index contributed by atoms with van der Waals surface area (Å²) in [5.41, 5.74) is 2.55. The van der Waals surface area contributed by atoms with Gasteiger partial charge in [0.2, 0.25) is 0 Å². The fraction of sp³-hybridized carbons (Fsp3) is 0.440. The van der Waals surface area contributed by atoms with Gasteiger partial charge in [0.15, 0.2) is 0 Å². The summed E-state index contributed by atoms with van der Waals surface area (Å²) in [6, 6.07) is 10.6. The highest BCUT2D eigenvalue weighted by Crippen LogP contribution is 2.14. The third kappa shape index (κ3) is 10.3. The number of benzene rings is 1. The maximum Gasteiger partial charge on any atom is 0.130 e. The Bertz CT molecular complexity index is 794. The molecule has 2 rings (SSSR count). The molecule has 1 aromatic carbocycles. The Labute approximate surface area is 180 Å². The number of thiophene rings is 1. The molecule has 0 amide bonds. The number of nitrogens with zero attached hydrogens (tertiary/aromatic N) is 1. The van der Waals surface area contributed by atoms with Crippen LogP contribution in [0.2, 0.25) is 0 Å². The van der Waals surface area contributed by atoms with E-state index in [2.05, 4.69) is 74.8 Å². The molecule has 0 aliphatic carbocycles. The number of rotatable bonds is 11. The van der Waals surface area contributed by atoms with Gasteiger partial charge in [-0.1, -0.05) is 49.1 Å². The average Bonchev–Trinajstić information content (AvgIpc) is 3.19. The first-order valence-corrected chi connectivity index (χ1v) is 11.1. The summed E-state index contributed by atoms with van der Waals surface area (Å²) in [5, 5.41) is 4.01. The molecule has 0 aliphatic heterocycles. The fourth-order valence-corrected chi connectivity index (χ4v) is 3.21. The summed E-state index contributed by atoms with van der Waals surface area (Å²) in [6.45, 7) is 13.1. The molecule has 0 saturated carbocycles. The average molecular weight is 412 g/mol. The SMILES string of the molecule is CCN(C/C=C/C#CC(C)(C)C)Cc1cccc(COCCOc2ccsc2)c1. The largest absolute Gasteiger partial charge is 0.490 e. The number of hydrogen-bond donors (Lipinski definition) is 0. The lowest BCUT2D eigenvalue weighted by Crippen LogP contribution is -2.22. The van der Waals surface area contributed by atoms with Crippen molar-refractivity contribution in [3.05, 3.63) is 64.4 Å². The van der Waals surface area contributed by atoms with Crippen LogP contribution in [0.25, 0.3) is 0 Å². The van der Waals surface area contributed by atoms with Gasteiger partial charge in [0, 0.05) is 23.9 Å². The van der Waals surface area contributed by atoms with Gasteiger partial charge in [-0.3, -0.25) is 4.90 Å². The molecule has 2 aromatic rings. The zero-order valence-electron chi connectivity index (χ0n) is 18.1. The minimum Gasteiger partial charge on any atom is -0.490 e. The van der Waals surface area contributed by atoms with E-state index in [1.54, 1.807) is 11.3 Å². The molecule has 1 heterocycles. The van der Waals surface area contributed by atoms with E-state index in [0.717, 1.165) is 25.4 Å². The van der Waals surface area contributed by atoms with Gasteiger partial charge in [-0.2, -0.15) is 0 Å². The molecule has 0 bridgehead atoms. The van der Waals surface area contributed by atoms with Crippen molar-refractivity contribution < 1.29 is 9.47 Å². The molecule has 0 unspecified atom stereocenters. The van der Waals surface area contributed by atoms with Crippen molar-refractivity contribution >= 4 is 11.3 Å². The van der Waals surface area contributed by atoms with Crippen molar-refractivity contribution in [2.75, 3.05) is 26.3 Å². The van der Waals surface area contributed by atoms with Crippen molar-refractivity contribution in [1.29, 1.82) is 0 Å². The van der Waals surface area contributed by atoms with E-state index < -0.39 is 0 Å². The molecule has 156 valence electrons. The normalized spacial score (nSPS) is 11.6. The second kappa shape index (κ2) is 12.5. The first-order valence-electron chi connectivity index (χ1n) is 10.2. The Kier molecular flexibility index (Phi) is 10.0. The van der Waals surface area contributed by atoms with E-state index in [1.165, 1.54) is 11.1 Å². The van der Waals surface area contributed by atoms with Crippen molar-refractivity contribution in [3.63, 3.8) is 0 Å². The van der Waals surface area contributed by atoms with Gasteiger partial charge < -0.3 is 9.47 Å². The molecule has 0 spiro atoms. The van der Waals surface area contributed by atoms with Gasteiger partial charge in [0.05, 0.1) is 13.2 Å². The van der Waals surface area contributed by atoms with Gasteiger partial charge in [0.1, 0.15) is 12.4 Å². The van der Waals surface area contributed by atoms with Gasteiger partial charge in [-0.25, -0.2) is 0 Å². The molecule has 3 nitrogen and oxygen atoms in total. The van der Waals surface area contributed by atoms with E-state index >= 15 is 0 Å². The van der Waals surface area contributed by atoms with Crippen LogP contribution >= 0.6 is 11.3 Å². The molecule has 1 aromatic heterocycles. The maximum atomic E-state index is 5.76. The Morgan fingerprint density at radius 2 is 1.97 bits per heavy atom. The topological polar surface area (TPSA) is 21.7 Å². The predicted octanol–water partition coefficient (Wildman–Crippen LogP) is 5.77. The van der Waals surface area contributed by atoms with E-state index in [-0.39, 0.29) is 5.41 Å². The first kappa shape index (κ1) is 23.2. The molecule has 0 radical (unpaired) electrons. The summed E-state index contributed by atoms with van der Waals surface area (Å²) >= 11 is 1.64. The van der Waals surface area contributed by atoms with Crippen molar-refractivity contribution in [2.24, 2.45) is 5.41 Å². The molecule has 0 N–H and O–H groups in total. The van der Waals surface area contributed by atoms with E-state index in [1.807, 2.05) is 22.9 Å². The lowest BCUT2D eigenvalue weighted by atomic mass is 9.98. The van der Waals surface area contributed by atoms with Crippen LogP contribution < -0.4 is 4.74 Å². The predicted molar refractivity (Wildman–Crippen MR) is 123 cm³/mol. The third-order valence-electron chi connectivity index (χ3n) is 4.12. The highest BCUT2D eigenvalue weighted by atomic mass is 32.1. The lowest BCUT2D eigenvalue weighted by Gasteiger charge is -2.19. The fourth-order valence-electron chi connectivity index (χ4n) is 2.64. The number of likely N-dealkylation sites (N-methyl/N-ethyl adjacent to an activating group) is 1. The smallest absolute Gasteiger partial charge is 0.130 e.